The van der Waals surface area contributed by atoms with Crippen LogP contribution in [0.25, 0.3) is 0 Å². The molecule has 0 saturated carbocycles. The predicted octanol–water partition coefficient (Wildman–Crippen LogP) is 2.61. The summed E-state index contributed by atoms with van der Waals surface area (Å²) in [7, 11) is 0. The van der Waals surface area contributed by atoms with Gasteiger partial charge in [0.2, 0.25) is 5.91 Å². The van der Waals surface area contributed by atoms with Gasteiger partial charge >= 0.3 is 0 Å². The molecule has 1 N–H and O–H groups in total. The van der Waals surface area contributed by atoms with Crippen molar-refractivity contribution < 1.29 is 18.8 Å². The van der Waals surface area contributed by atoms with E-state index in [1.165, 1.54) is 12.8 Å². The van der Waals surface area contributed by atoms with Crippen LogP contribution in [0, 0.1) is 0 Å². The Bertz CT molecular complexity index is 850. The number of nitrogens with zero attached hydrogens (tertiary/aromatic N) is 2. The van der Waals surface area contributed by atoms with E-state index in [-0.39, 0.29) is 18.5 Å². The van der Waals surface area contributed by atoms with Crippen LogP contribution in [0.2, 0.25) is 0 Å². The van der Waals surface area contributed by atoms with Crippen LogP contribution in [-0.2, 0) is 4.79 Å². The Labute approximate surface area is 169 Å². The summed E-state index contributed by atoms with van der Waals surface area (Å²) < 4.78 is 5.62. The van der Waals surface area contributed by atoms with E-state index in [1.54, 1.807) is 30.5 Å². The summed E-state index contributed by atoms with van der Waals surface area (Å²) in [6.07, 6.45) is 6.32. The third kappa shape index (κ3) is 4.10. The largest absolute Gasteiger partial charge is 0.468 e. The summed E-state index contributed by atoms with van der Waals surface area (Å²) in [5, 5.41) is 2.90. The topological polar surface area (TPSA) is 82.9 Å². The predicted molar refractivity (Wildman–Crippen MR) is 106 cm³/mol. The zero-order chi connectivity index (χ0) is 20.2. The average molecular weight is 395 g/mol. The van der Waals surface area contributed by atoms with E-state index in [0.717, 1.165) is 36.6 Å². The summed E-state index contributed by atoms with van der Waals surface area (Å²) in [6.45, 7) is 2.01. The van der Waals surface area contributed by atoms with Crippen LogP contribution in [0.1, 0.15) is 58.2 Å². The summed E-state index contributed by atoms with van der Waals surface area (Å²) in [5.41, 5.74) is 0.701. The molecule has 1 aromatic heterocycles. The Morgan fingerprint density at radius 1 is 0.966 bits per heavy atom. The molecule has 2 aliphatic heterocycles. The van der Waals surface area contributed by atoms with Crippen LogP contribution in [0.5, 0.6) is 0 Å². The minimum atomic E-state index is -0.421. The second-order valence-electron chi connectivity index (χ2n) is 7.53. The number of nitrogens with one attached hydrogen (secondary N) is 1. The van der Waals surface area contributed by atoms with E-state index < -0.39 is 11.8 Å². The maximum Gasteiger partial charge on any atom is 0.262 e. The minimum Gasteiger partial charge on any atom is -0.468 e. The van der Waals surface area contributed by atoms with Gasteiger partial charge in [-0.2, -0.15) is 0 Å². The molecule has 3 amide bonds. The third-order valence-electron chi connectivity index (χ3n) is 5.63. The maximum absolute atomic E-state index is 12.6. The zero-order valence-electron chi connectivity index (χ0n) is 16.3. The van der Waals surface area contributed by atoms with Crippen molar-refractivity contribution >= 4 is 17.7 Å². The van der Waals surface area contributed by atoms with Gasteiger partial charge in [-0.05, 0) is 50.2 Å². The lowest BCUT2D eigenvalue weighted by atomic mass is 10.1. The average Bonchev–Trinajstić information content (AvgIpc) is 3.23. The van der Waals surface area contributed by atoms with Crippen LogP contribution in [0.15, 0.2) is 47.1 Å². The van der Waals surface area contributed by atoms with Crippen molar-refractivity contribution in [1.29, 1.82) is 0 Å². The van der Waals surface area contributed by atoms with Crippen LogP contribution in [-0.4, -0.2) is 53.7 Å². The van der Waals surface area contributed by atoms with E-state index in [2.05, 4.69) is 10.2 Å². The van der Waals surface area contributed by atoms with E-state index in [0.29, 0.717) is 17.7 Å². The van der Waals surface area contributed by atoms with E-state index in [1.807, 2.05) is 12.1 Å². The fourth-order valence-electron chi connectivity index (χ4n) is 4.09. The number of imide groups is 1. The molecule has 7 heteroatoms. The number of fused-ring (bicyclic) bond motifs is 1. The standard InChI is InChI=1S/C22H25N3O4/c26-20(15-25-21(27)16-8-3-4-9-17(16)22(25)28)23-14-18(19-10-7-13-29-19)24-11-5-1-2-6-12-24/h3-4,7-10,13,18H,1-2,5-6,11-12,14-15H2,(H,23,26). The highest BCUT2D eigenvalue weighted by Crippen LogP contribution is 2.25. The molecule has 0 spiro atoms. The van der Waals surface area contributed by atoms with Gasteiger partial charge in [0.25, 0.3) is 11.8 Å². The van der Waals surface area contributed by atoms with Crippen molar-refractivity contribution in [2.75, 3.05) is 26.2 Å². The van der Waals surface area contributed by atoms with Crippen LogP contribution >= 0.6 is 0 Å². The first-order chi connectivity index (χ1) is 14.1. The smallest absolute Gasteiger partial charge is 0.262 e. The van der Waals surface area contributed by atoms with Crippen molar-refractivity contribution in [1.82, 2.24) is 15.1 Å². The lowest BCUT2D eigenvalue weighted by Gasteiger charge is -2.29. The molecule has 1 fully saturated rings. The van der Waals surface area contributed by atoms with Gasteiger partial charge < -0.3 is 9.73 Å². The first-order valence-electron chi connectivity index (χ1n) is 10.1. The zero-order valence-corrected chi connectivity index (χ0v) is 16.3. The second kappa shape index (κ2) is 8.61. The molecule has 3 heterocycles. The van der Waals surface area contributed by atoms with Gasteiger partial charge in [-0.15, -0.1) is 0 Å². The van der Waals surface area contributed by atoms with Crippen LogP contribution in [0.3, 0.4) is 0 Å². The molecule has 1 unspecified atom stereocenters. The SMILES string of the molecule is O=C(CN1C(=O)c2ccccc2C1=O)NCC(c1ccco1)N1CCCCCC1. The molecular formula is C22H25N3O4. The van der Waals surface area contributed by atoms with Crippen LogP contribution in [0.4, 0.5) is 0 Å². The third-order valence-corrected chi connectivity index (χ3v) is 5.63. The summed E-state index contributed by atoms with van der Waals surface area (Å²) in [6, 6.07) is 10.4. The number of rotatable bonds is 6. The van der Waals surface area contributed by atoms with E-state index in [4.69, 9.17) is 4.42 Å². The second-order valence-corrected chi connectivity index (χ2v) is 7.53. The number of likely N-dealkylation sites (tertiary alicyclic amines) is 1. The molecule has 152 valence electrons. The molecule has 0 radical (unpaired) electrons. The number of hydrogen-bond acceptors (Lipinski definition) is 5. The maximum atomic E-state index is 12.6. The van der Waals surface area contributed by atoms with E-state index in [9.17, 15) is 14.4 Å². The number of hydrogen-bond donors (Lipinski definition) is 1. The fraction of sp³-hybridized carbons (Fsp3) is 0.409. The van der Waals surface area contributed by atoms with Gasteiger partial charge in [0.15, 0.2) is 0 Å². The quantitative estimate of drug-likeness (QED) is 0.761. The van der Waals surface area contributed by atoms with Gasteiger partial charge in [0.1, 0.15) is 12.3 Å². The van der Waals surface area contributed by atoms with Crippen LogP contribution < -0.4 is 5.32 Å². The monoisotopic (exact) mass is 395 g/mol. The van der Waals surface area contributed by atoms with Crippen molar-refractivity contribution in [2.24, 2.45) is 0 Å². The van der Waals surface area contributed by atoms with Gasteiger partial charge in [-0.1, -0.05) is 25.0 Å². The molecule has 29 heavy (non-hydrogen) atoms. The molecular weight excluding hydrogens is 370 g/mol. The first kappa shape index (κ1) is 19.4. The number of carbonyl (C=O) groups is 3. The highest BCUT2D eigenvalue weighted by atomic mass is 16.3. The molecule has 2 aromatic rings. The van der Waals surface area contributed by atoms with Gasteiger partial charge in [0, 0.05) is 6.54 Å². The number of benzene rings is 1. The van der Waals surface area contributed by atoms with Crippen molar-refractivity contribution in [3.05, 3.63) is 59.5 Å². The summed E-state index contributed by atoms with van der Waals surface area (Å²) in [5.74, 6) is -0.384. The summed E-state index contributed by atoms with van der Waals surface area (Å²) in [4.78, 5) is 40.8. The number of furan rings is 1. The Kier molecular flexibility index (Phi) is 5.76. The van der Waals surface area contributed by atoms with Gasteiger partial charge in [-0.3, -0.25) is 24.2 Å². The highest BCUT2D eigenvalue weighted by Gasteiger charge is 2.36. The molecule has 4 rings (SSSR count). The lowest BCUT2D eigenvalue weighted by Crippen LogP contribution is -2.44. The van der Waals surface area contributed by atoms with E-state index >= 15 is 0 Å². The van der Waals surface area contributed by atoms with Crippen molar-refractivity contribution in [2.45, 2.75) is 31.7 Å². The molecule has 7 nitrogen and oxygen atoms in total. The highest BCUT2D eigenvalue weighted by molar-refractivity contribution is 6.22. The lowest BCUT2D eigenvalue weighted by molar-refractivity contribution is -0.121. The Morgan fingerprint density at radius 2 is 1.62 bits per heavy atom. The Morgan fingerprint density at radius 3 is 2.21 bits per heavy atom. The number of amides is 3. The molecule has 0 aliphatic carbocycles. The van der Waals surface area contributed by atoms with Crippen molar-refractivity contribution in [3.8, 4) is 0 Å². The molecule has 2 aliphatic rings. The minimum absolute atomic E-state index is 0.0609. The summed E-state index contributed by atoms with van der Waals surface area (Å²) >= 11 is 0. The number of carbonyl (C=O) groups excluding carboxylic acids is 3. The molecule has 1 saturated heterocycles. The van der Waals surface area contributed by atoms with Gasteiger partial charge in [-0.25, -0.2) is 0 Å². The Balaban J connectivity index is 1.40. The molecule has 1 atom stereocenters. The molecule has 1 aromatic carbocycles. The molecule has 0 bridgehead atoms. The fourth-order valence-corrected chi connectivity index (χ4v) is 4.09. The van der Waals surface area contributed by atoms with Crippen molar-refractivity contribution in [3.63, 3.8) is 0 Å². The normalized spacial score (nSPS) is 18.4. The first-order valence-corrected chi connectivity index (χ1v) is 10.1. The Hall–Kier alpha value is -2.93. The van der Waals surface area contributed by atoms with Gasteiger partial charge in [0.05, 0.1) is 23.4 Å².